The molecule has 2 aromatic heterocycles. The van der Waals surface area contributed by atoms with Crippen molar-refractivity contribution in [1.29, 1.82) is 0 Å². The van der Waals surface area contributed by atoms with Crippen molar-refractivity contribution in [2.75, 3.05) is 32.2 Å². The van der Waals surface area contributed by atoms with Gasteiger partial charge in [-0.3, -0.25) is 0 Å². The number of nitrogen functional groups attached to an aromatic ring is 1. The zero-order valence-corrected chi connectivity index (χ0v) is 20.1. The second-order valence-corrected chi connectivity index (χ2v) is 9.20. The maximum absolute atomic E-state index is 6.22. The summed E-state index contributed by atoms with van der Waals surface area (Å²) in [5.74, 6) is 1.59. The van der Waals surface area contributed by atoms with Gasteiger partial charge in [0.2, 0.25) is 6.79 Å². The molecule has 9 heteroatoms. The molecule has 0 saturated carbocycles. The number of hydrogen-bond acceptors (Lipinski definition) is 8. The minimum Gasteiger partial charge on any atom is -0.454 e. The Morgan fingerprint density at radius 2 is 1.88 bits per heavy atom. The molecule has 178 valence electrons. The van der Waals surface area contributed by atoms with E-state index in [0.717, 1.165) is 78.2 Å². The number of pyridine rings is 1. The van der Waals surface area contributed by atoms with E-state index in [1.165, 1.54) is 24.8 Å². The first-order valence-electron chi connectivity index (χ1n) is 11.8. The minimum atomic E-state index is 0.269. The van der Waals surface area contributed by atoms with Gasteiger partial charge in [-0.05, 0) is 69.1 Å². The summed E-state index contributed by atoms with van der Waals surface area (Å²) in [6, 6.07) is 5.93. The molecule has 5 N–H and O–H groups in total. The van der Waals surface area contributed by atoms with Crippen molar-refractivity contribution in [2.24, 2.45) is 5.73 Å². The zero-order valence-electron chi connectivity index (χ0n) is 19.3. The van der Waals surface area contributed by atoms with Gasteiger partial charge in [0.1, 0.15) is 5.52 Å². The van der Waals surface area contributed by atoms with Crippen molar-refractivity contribution < 1.29 is 9.47 Å². The van der Waals surface area contributed by atoms with Gasteiger partial charge in [-0.1, -0.05) is 31.5 Å². The van der Waals surface area contributed by atoms with E-state index >= 15 is 0 Å². The molecule has 4 rings (SSSR count). The zero-order chi connectivity index (χ0) is 23.0. The lowest BCUT2D eigenvalue weighted by Crippen LogP contribution is -2.18. The van der Waals surface area contributed by atoms with E-state index in [2.05, 4.69) is 33.9 Å². The molecule has 1 aliphatic heterocycles. The highest BCUT2D eigenvalue weighted by Gasteiger charge is 2.20. The summed E-state index contributed by atoms with van der Waals surface area (Å²) in [4.78, 5) is 10.6. The summed E-state index contributed by atoms with van der Waals surface area (Å²) < 4.78 is 13.3. The first-order chi connectivity index (χ1) is 16.2. The van der Waals surface area contributed by atoms with Crippen LogP contribution < -0.4 is 26.3 Å². The fourth-order valence-corrected chi connectivity index (χ4v) is 5.09. The topological polar surface area (TPSA) is 113 Å². The molecule has 0 spiro atoms. The average Bonchev–Trinajstić information content (AvgIpc) is 3.42. The lowest BCUT2D eigenvalue weighted by Gasteiger charge is -2.12. The highest BCUT2D eigenvalue weighted by Crippen LogP contribution is 2.41. The lowest BCUT2D eigenvalue weighted by molar-refractivity contribution is 0.174. The van der Waals surface area contributed by atoms with Crippen LogP contribution in [0.2, 0.25) is 0 Å². The number of rotatable bonds is 13. The van der Waals surface area contributed by atoms with Gasteiger partial charge in [0.15, 0.2) is 22.3 Å². The highest BCUT2D eigenvalue weighted by atomic mass is 32.2. The highest BCUT2D eigenvalue weighted by molar-refractivity contribution is 7.99. The quantitative estimate of drug-likeness (QED) is 0.322. The van der Waals surface area contributed by atoms with Crippen molar-refractivity contribution in [3.05, 3.63) is 30.0 Å². The molecule has 0 radical (unpaired) electrons. The molecule has 8 nitrogen and oxygen atoms in total. The van der Waals surface area contributed by atoms with E-state index in [1.807, 2.05) is 0 Å². The number of nitrogens with one attached hydrogen (secondary N) is 1. The molecule has 1 aromatic carbocycles. The number of aryl methyl sites for hydroxylation is 2. The minimum absolute atomic E-state index is 0.269. The normalized spacial score (nSPS) is 12.7. The second-order valence-electron chi connectivity index (χ2n) is 8.19. The van der Waals surface area contributed by atoms with E-state index in [4.69, 9.17) is 25.9 Å². The molecule has 33 heavy (non-hydrogen) atoms. The Hall–Kier alpha value is -2.49. The summed E-state index contributed by atoms with van der Waals surface area (Å²) in [6.45, 7) is 6.02. The SMILES string of the molecule is CCc1cc2c(cc1Sc1nc3c(N)ccnc3n1CCCNCCCCCCN)OCO2. The van der Waals surface area contributed by atoms with Crippen molar-refractivity contribution in [1.82, 2.24) is 19.9 Å². The van der Waals surface area contributed by atoms with E-state index in [1.54, 1.807) is 24.0 Å². The van der Waals surface area contributed by atoms with Gasteiger partial charge in [-0.25, -0.2) is 9.97 Å². The first-order valence-corrected chi connectivity index (χ1v) is 12.6. The predicted molar refractivity (Wildman–Crippen MR) is 133 cm³/mol. The van der Waals surface area contributed by atoms with Crippen LogP contribution in [0.1, 0.15) is 44.6 Å². The second kappa shape index (κ2) is 11.6. The third-order valence-electron chi connectivity index (χ3n) is 5.81. The number of aromatic nitrogens is 3. The molecular formula is C24H34N6O2S. The van der Waals surface area contributed by atoms with E-state index in [9.17, 15) is 0 Å². The van der Waals surface area contributed by atoms with Crippen LogP contribution in [0.15, 0.2) is 34.4 Å². The summed E-state index contributed by atoms with van der Waals surface area (Å²) in [6.07, 6.45) is 8.39. The van der Waals surface area contributed by atoms with Crippen molar-refractivity contribution >= 4 is 28.6 Å². The number of nitrogens with two attached hydrogens (primary N) is 2. The molecule has 0 atom stereocenters. The lowest BCUT2D eigenvalue weighted by atomic mass is 10.1. The van der Waals surface area contributed by atoms with Crippen LogP contribution in [0.4, 0.5) is 5.69 Å². The van der Waals surface area contributed by atoms with E-state index in [0.29, 0.717) is 5.69 Å². The van der Waals surface area contributed by atoms with Crippen LogP contribution >= 0.6 is 11.8 Å². The van der Waals surface area contributed by atoms with Crippen LogP contribution in [-0.4, -0.2) is 41.0 Å². The third kappa shape index (κ3) is 5.72. The Kier molecular flexibility index (Phi) is 8.30. The molecule has 0 aliphatic carbocycles. The number of unbranched alkanes of at least 4 members (excludes halogenated alkanes) is 3. The number of ether oxygens (including phenoxy) is 2. The van der Waals surface area contributed by atoms with Crippen LogP contribution in [-0.2, 0) is 13.0 Å². The molecule has 0 bridgehead atoms. The molecular weight excluding hydrogens is 436 g/mol. The maximum atomic E-state index is 6.22. The van der Waals surface area contributed by atoms with Crippen molar-refractivity contribution in [3.63, 3.8) is 0 Å². The van der Waals surface area contributed by atoms with Gasteiger partial charge in [-0.2, -0.15) is 0 Å². The van der Waals surface area contributed by atoms with Crippen LogP contribution in [0.3, 0.4) is 0 Å². The van der Waals surface area contributed by atoms with Gasteiger partial charge in [0, 0.05) is 17.6 Å². The smallest absolute Gasteiger partial charge is 0.231 e. The Morgan fingerprint density at radius 1 is 1.09 bits per heavy atom. The van der Waals surface area contributed by atoms with Crippen molar-refractivity contribution in [3.8, 4) is 11.5 Å². The number of nitrogens with zero attached hydrogens (tertiary/aromatic N) is 3. The predicted octanol–water partition coefficient (Wildman–Crippen LogP) is 3.95. The Morgan fingerprint density at radius 3 is 2.70 bits per heavy atom. The summed E-state index contributed by atoms with van der Waals surface area (Å²) in [7, 11) is 0. The Bertz CT molecular complexity index is 1070. The molecule has 0 unspecified atom stereocenters. The maximum Gasteiger partial charge on any atom is 0.231 e. The van der Waals surface area contributed by atoms with Gasteiger partial charge < -0.3 is 30.8 Å². The number of fused-ring (bicyclic) bond motifs is 2. The molecule has 0 fully saturated rings. The molecule has 3 heterocycles. The number of anilines is 1. The average molecular weight is 471 g/mol. The fraction of sp³-hybridized carbons (Fsp3) is 0.500. The number of hydrogen-bond donors (Lipinski definition) is 3. The third-order valence-corrected chi connectivity index (χ3v) is 6.91. The Labute approximate surface area is 199 Å². The summed E-state index contributed by atoms with van der Waals surface area (Å²) >= 11 is 1.64. The van der Waals surface area contributed by atoms with Gasteiger partial charge in [-0.15, -0.1) is 0 Å². The molecule has 3 aromatic rings. The standard InChI is InChI=1S/C24H34N6O2S/c1-2-17-14-19-20(32-16-31-19)15-21(17)33-24-29-22-18(26)8-12-28-23(22)30(24)13-7-11-27-10-6-4-3-5-9-25/h8,12,14-15,27H,2-7,9-11,13,16,25H2,1H3,(H2,26,28). The first kappa shape index (κ1) is 23.7. The fourth-order valence-electron chi connectivity index (χ4n) is 3.97. The Balaban J connectivity index is 1.46. The summed E-state index contributed by atoms with van der Waals surface area (Å²) in [5.41, 5.74) is 15.2. The van der Waals surface area contributed by atoms with Gasteiger partial charge in [0.05, 0.1) is 5.69 Å². The van der Waals surface area contributed by atoms with Gasteiger partial charge in [0.25, 0.3) is 0 Å². The largest absolute Gasteiger partial charge is 0.454 e. The molecule has 0 amide bonds. The monoisotopic (exact) mass is 470 g/mol. The van der Waals surface area contributed by atoms with E-state index in [-0.39, 0.29) is 6.79 Å². The molecule has 0 saturated heterocycles. The van der Waals surface area contributed by atoms with Crippen LogP contribution in [0, 0.1) is 0 Å². The van der Waals surface area contributed by atoms with Crippen LogP contribution in [0.25, 0.3) is 11.2 Å². The van der Waals surface area contributed by atoms with E-state index < -0.39 is 0 Å². The number of benzene rings is 1. The van der Waals surface area contributed by atoms with Crippen LogP contribution in [0.5, 0.6) is 11.5 Å². The summed E-state index contributed by atoms with van der Waals surface area (Å²) in [5, 5.41) is 4.45. The van der Waals surface area contributed by atoms with Gasteiger partial charge >= 0.3 is 0 Å². The van der Waals surface area contributed by atoms with Crippen molar-refractivity contribution in [2.45, 2.75) is 62.0 Å². The number of imidazole rings is 1. The molecule has 1 aliphatic rings.